The molecule has 5 nitrogen and oxygen atoms in total. The SMILES string of the molecule is CNS(=O)(=O)c1nc(C(C)C)n2ccc(C)cc12. The Morgan fingerprint density at radius 1 is 1.39 bits per heavy atom. The lowest BCUT2D eigenvalue weighted by Crippen LogP contribution is -2.19. The number of rotatable bonds is 3. The highest BCUT2D eigenvalue weighted by Gasteiger charge is 2.22. The van der Waals surface area contributed by atoms with Crippen LogP contribution in [0.3, 0.4) is 0 Å². The van der Waals surface area contributed by atoms with Crippen molar-refractivity contribution in [2.45, 2.75) is 31.7 Å². The number of sulfonamides is 1. The Hall–Kier alpha value is -1.40. The molecule has 0 spiro atoms. The van der Waals surface area contributed by atoms with Crippen molar-refractivity contribution in [2.75, 3.05) is 7.05 Å². The van der Waals surface area contributed by atoms with Gasteiger partial charge in [-0.3, -0.25) is 0 Å². The maximum atomic E-state index is 12.0. The molecule has 6 heteroatoms. The fraction of sp³-hybridized carbons (Fsp3) is 0.417. The Morgan fingerprint density at radius 3 is 2.61 bits per heavy atom. The van der Waals surface area contributed by atoms with E-state index in [1.165, 1.54) is 7.05 Å². The van der Waals surface area contributed by atoms with Crippen molar-refractivity contribution in [2.24, 2.45) is 0 Å². The minimum Gasteiger partial charge on any atom is -0.302 e. The predicted octanol–water partition coefficient (Wildman–Crippen LogP) is 1.67. The quantitative estimate of drug-likeness (QED) is 0.920. The molecule has 0 amide bonds. The summed E-state index contributed by atoms with van der Waals surface area (Å²) < 4.78 is 28.1. The molecule has 0 aliphatic rings. The van der Waals surface area contributed by atoms with Crippen molar-refractivity contribution < 1.29 is 8.42 Å². The van der Waals surface area contributed by atoms with Gasteiger partial charge in [0.15, 0.2) is 5.03 Å². The summed E-state index contributed by atoms with van der Waals surface area (Å²) in [7, 11) is -2.14. The number of aromatic nitrogens is 2. The van der Waals surface area contributed by atoms with Crippen LogP contribution in [-0.2, 0) is 10.0 Å². The molecule has 0 saturated carbocycles. The summed E-state index contributed by atoms with van der Waals surface area (Å²) in [6, 6.07) is 3.78. The third-order valence-electron chi connectivity index (χ3n) is 2.83. The first kappa shape index (κ1) is 13.0. The number of pyridine rings is 1. The molecule has 0 atom stereocenters. The zero-order chi connectivity index (χ0) is 13.5. The van der Waals surface area contributed by atoms with Gasteiger partial charge in [0.25, 0.3) is 10.0 Å². The van der Waals surface area contributed by atoms with Crippen LogP contribution in [0.2, 0.25) is 0 Å². The number of fused-ring (bicyclic) bond motifs is 1. The highest BCUT2D eigenvalue weighted by molar-refractivity contribution is 7.89. The predicted molar refractivity (Wildman–Crippen MR) is 70.3 cm³/mol. The highest BCUT2D eigenvalue weighted by atomic mass is 32.2. The van der Waals surface area contributed by atoms with Gasteiger partial charge in [0.1, 0.15) is 5.82 Å². The molecule has 2 aromatic rings. The Bertz CT molecular complexity index is 687. The van der Waals surface area contributed by atoms with Crippen LogP contribution in [0.1, 0.15) is 31.2 Å². The van der Waals surface area contributed by atoms with Gasteiger partial charge in [-0.1, -0.05) is 13.8 Å². The second-order valence-corrected chi connectivity index (χ2v) is 6.40. The molecule has 0 bridgehead atoms. The number of hydrogen-bond donors (Lipinski definition) is 1. The van der Waals surface area contributed by atoms with Crippen LogP contribution in [0.15, 0.2) is 23.4 Å². The van der Waals surface area contributed by atoms with E-state index in [0.29, 0.717) is 5.52 Å². The molecule has 0 unspecified atom stereocenters. The van der Waals surface area contributed by atoms with E-state index in [2.05, 4.69) is 9.71 Å². The van der Waals surface area contributed by atoms with Gasteiger partial charge >= 0.3 is 0 Å². The first-order valence-electron chi connectivity index (χ1n) is 5.79. The smallest absolute Gasteiger partial charge is 0.259 e. The molecule has 0 aliphatic carbocycles. The van der Waals surface area contributed by atoms with E-state index in [4.69, 9.17) is 0 Å². The van der Waals surface area contributed by atoms with E-state index in [9.17, 15) is 8.42 Å². The molecule has 18 heavy (non-hydrogen) atoms. The van der Waals surface area contributed by atoms with Crippen LogP contribution in [0.5, 0.6) is 0 Å². The number of aryl methyl sites for hydroxylation is 1. The standard InChI is InChI=1S/C12H17N3O2S/c1-8(2)11-14-12(18(16,17)13-4)10-7-9(3)5-6-15(10)11/h5-8,13H,1-4H3. The van der Waals surface area contributed by atoms with Crippen molar-refractivity contribution in [3.8, 4) is 0 Å². The minimum absolute atomic E-state index is 0.0948. The molecular weight excluding hydrogens is 250 g/mol. The number of hydrogen-bond acceptors (Lipinski definition) is 3. The van der Waals surface area contributed by atoms with E-state index in [1.54, 1.807) is 0 Å². The molecule has 1 N–H and O–H groups in total. The summed E-state index contributed by atoms with van der Waals surface area (Å²) in [5.41, 5.74) is 1.62. The van der Waals surface area contributed by atoms with Gasteiger partial charge in [-0.2, -0.15) is 0 Å². The van der Waals surface area contributed by atoms with Crippen LogP contribution in [0.25, 0.3) is 5.52 Å². The lowest BCUT2D eigenvalue weighted by molar-refractivity contribution is 0.585. The lowest BCUT2D eigenvalue weighted by atomic mass is 10.2. The summed E-state index contributed by atoms with van der Waals surface area (Å²) in [4.78, 5) is 4.28. The van der Waals surface area contributed by atoms with E-state index in [0.717, 1.165) is 11.4 Å². The average Bonchev–Trinajstić information content (AvgIpc) is 2.68. The molecule has 2 aromatic heterocycles. The van der Waals surface area contributed by atoms with Crippen LogP contribution in [0.4, 0.5) is 0 Å². The van der Waals surface area contributed by atoms with E-state index in [-0.39, 0.29) is 10.9 Å². The lowest BCUT2D eigenvalue weighted by Gasteiger charge is -2.03. The number of nitrogens with zero attached hydrogens (tertiary/aromatic N) is 2. The normalized spacial score (nSPS) is 12.5. The number of nitrogens with one attached hydrogen (secondary N) is 1. The third-order valence-corrected chi connectivity index (χ3v) is 4.18. The molecule has 0 fully saturated rings. The third kappa shape index (κ3) is 2.02. The monoisotopic (exact) mass is 267 g/mol. The molecular formula is C12H17N3O2S. The zero-order valence-electron chi connectivity index (χ0n) is 10.9. The van der Waals surface area contributed by atoms with Gasteiger partial charge in [0.2, 0.25) is 0 Å². The maximum Gasteiger partial charge on any atom is 0.259 e. The first-order chi connectivity index (χ1) is 8.36. The topological polar surface area (TPSA) is 63.5 Å². The fourth-order valence-electron chi connectivity index (χ4n) is 1.89. The van der Waals surface area contributed by atoms with Gasteiger partial charge < -0.3 is 4.40 Å². The van der Waals surface area contributed by atoms with Crippen LogP contribution in [0, 0.1) is 6.92 Å². The summed E-state index contributed by atoms with van der Waals surface area (Å²) in [5, 5.41) is 0.0948. The molecule has 0 radical (unpaired) electrons. The minimum atomic E-state index is -3.54. The Morgan fingerprint density at radius 2 is 2.06 bits per heavy atom. The largest absolute Gasteiger partial charge is 0.302 e. The molecule has 0 saturated heterocycles. The molecule has 2 rings (SSSR count). The van der Waals surface area contributed by atoms with Crippen LogP contribution < -0.4 is 4.72 Å². The van der Waals surface area contributed by atoms with Gasteiger partial charge in [-0.15, -0.1) is 0 Å². The maximum absolute atomic E-state index is 12.0. The van der Waals surface area contributed by atoms with Crippen molar-refractivity contribution >= 4 is 15.5 Å². The first-order valence-corrected chi connectivity index (χ1v) is 7.27. The Balaban J connectivity index is 2.86. The molecule has 0 aromatic carbocycles. The second kappa shape index (κ2) is 4.37. The Kier molecular flexibility index (Phi) is 3.16. The van der Waals surface area contributed by atoms with Gasteiger partial charge in [0.05, 0.1) is 5.52 Å². The fourth-order valence-corrected chi connectivity index (χ4v) is 2.73. The van der Waals surface area contributed by atoms with Crippen molar-refractivity contribution in [1.29, 1.82) is 0 Å². The van der Waals surface area contributed by atoms with Crippen molar-refractivity contribution in [1.82, 2.24) is 14.1 Å². The summed E-state index contributed by atoms with van der Waals surface area (Å²) in [6.45, 7) is 5.91. The summed E-state index contributed by atoms with van der Waals surface area (Å²) in [5.74, 6) is 0.903. The molecule has 2 heterocycles. The summed E-state index contributed by atoms with van der Waals surface area (Å²) >= 11 is 0. The van der Waals surface area contributed by atoms with Crippen LogP contribution in [-0.4, -0.2) is 24.9 Å². The van der Waals surface area contributed by atoms with Gasteiger partial charge in [-0.05, 0) is 31.7 Å². The zero-order valence-corrected chi connectivity index (χ0v) is 11.7. The van der Waals surface area contributed by atoms with E-state index in [1.807, 2.05) is 43.5 Å². The van der Waals surface area contributed by atoms with Gasteiger partial charge in [0, 0.05) is 12.1 Å². The average molecular weight is 267 g/mol. The molecule has 0 aliphatic heterocycles. The summed E-state index contributed by atoms with van der Waals surface area (Å²) in [6.07, 6.45) is 1.86. The number of imidazole rings is 1. The highest BCUT2D eigenvalue weighted by Crippen LogP contribution is 2.23. The Labute approximate surface area is 107 Å². The van der Waals surface area contributed by atoms with E-state index < -0.39 is 10.0 Å². The second-order valence-electron chi connectivity index (χ2n) is 4.60. The van der Waals surface area contributed by atoms with Crippen molar-refractivity contribution in [3.63, 3.8) is 0 Å². The van der Waals surface area contributed by atoms with Crippen LogP contribution >= 0.6 is 0 Å². The van der Waals surface area contributed by atoms with Crippen molar-refractivity contribution in [3.05, 3.63) is 29.7 Å². The van der Waals surface area contributed by atoms with E-state index >= 15 is 0 Å². The molecule has 98 valence electrons. The van der Waals surface area contributed by atoms with Gasteiger partial charge in [-0.25, -0.2) is 18.1 Å².